The maximum atomic E-state index is 11.8. The molecule has 1 amide bonds. The molecule has 0 fully saturated rings. The molecule has 0 heterocycles. The van der Waals surface area contributed by atoms with E-state index in [-0.39, 0.29) is 38.2 Å². The Morgan fingerprint density at radius 2 is 0.965 bits per heavy atom. The molecule has 12 heteroatoms. The third kappa shape index (κ3) is 51.9. The molecule has 0 bridgehead atoms. The number of hydrogen-bond acceptors (Lipinski definition) is 8. The molecule has 0 rings (SSSR count). The Bertz CT molecular complexity index is 1010. The number of carboxylic acid groups (broad SMARTS) is 1. The molecular weight excluding hydrogens is 743 g/mol. The summed E-state index contributed by atoms with van der Waals surface area (Å²) in [6.07, 6.45) is 43.1. The monoisotopic (exact) mass is 831 g/mol. The van der Waals surface area contributed by atoms with Gasteiger partial charge in [0.05, 0.1) is 19.8 Å². The van der Waals surface area contributed by atoms with Crippen LogP contribution in [0.4, 0.5) is 0 Å². The Labute approximate surface area is 348 Å². The Morgan fingerprint density at radius 3 is 1.42 bits per heavy atom. The molecule has 0 aromatic carbocycles. The highest BCUT2D eigenvalue weighted by Gasteiger charge is 2.20. The molecule has 1 unspecified atom stereocenters. The number of hydrogen-bond donors (Lipinski definition) is 4. The van der Waals surface area contributed by atoms with Crippen LogP contribution in [0.15, 0.2) is 24.3 Å². The van der Waals surface area contributed by atoms with Gasteiger partial charge in [0.15, 0.2) is 0 Å². The molecule has 336 valence electrons. The number of unbranched alkanes of at least 4 members (excludes halogenated alkanes) is 22. The first-order valence-corrected chi connectivity index (χ1v) is 24.4. The Balaban J connectivity index is 0. The van der Waals surface area contributed by atoms with Gasteiger partial charge in [0.2, 0.25) is 5.91 Å². The van der Waals surface area contributed by atoms with E-state index in [2.05, 4.69) is 43.5 Å². The minimum Gasteiger partial charge on any atom is -0.481 e. The summed E-state index contributed by atoms with van der Waals surface area (Å²) in [5, 5.41) is 11.1. The molecule has 0 aliphatic rings. The highest BCUT2D eigenvalue weighted by atomic mass is 31.2. The second-order valence-corrected chi connectivity index (χ2v) is 16.5. The summed E-state index contributed by atoms with van der Waals surface area (Å²) in [4.78, 5) is 43.1. The lowest BCUT2D eigenvalue weighted by Gasteiger charge is -2.12. The third-order valence-electron chi connectivity index (χ3n) is 9.39. The van der Waals surface area contributed by atoms with Crippen LogP contribution in [0.25, 0.3) is 0 Å². The number of esters is 1. The minimum atomic E-state index is -4.20. The standard InChI is InChI=1S/C27H53N2O7P.C18H34O2/c1-2-3-4-5-6-7-8-9-10-11-12-13-14-15-16-20-27(31)34-23-18-24-35-37(32,33)36-25-22-29-26(30)19-17-21-28;1-2-3-4-5-6-7-8-9-10-11-12-13-14-15-16-17-18(19)20/h9-10H,2-8,11-25,28H2,1H3,(H,29,30)(H,32,33);9-10H,2-8,11-17H2,1H3,(H,19,20)/b2*10-9-. The van der Waals surface area contributed by atoms with Crippen LogP contribution >= 0.6 is 7.82 Å². The average molecular weight is 831 g/mol. The van der Waals surface area contributed by atoms with Crippen LogP contribution in [-0.4, -0.2) is 60.8 Å². The SMILES string of the molecule is CCCCCCCC/C=C\CCCCCCCC(=O)O.CCCCCCCC/C=C\CCCCCCCC(=O)OCCCOP(=O)(O)OCCNC(=O)CCCN. The van der Waals surface area contributed by atoms with Crippen LogP contribution < -0.4 is 11.1 Å². The summed E-state index contributed by atoms with van der Waals surface area (Å²) < 4.78 is 26.5. The first-order valence-electron chi connectivity index (χ1n) is 22.9. The van der Waals surface area contributed by atoms with Crippen molar-refractivity contribution in [1.82, 2.24) is 5.32 Å². The number of ether oxygens (including phenoxy) is 1. The number of carbonyl (C=O) groups excluding carboxylic acids is 2. The molecule has 0 radical (unpaired) electrons. The zero-order valence-corrected chi connectivity index (χ0v) is 37.4. The highest BCUT2D eigenvalue weighted by molar-refractivity contribution is 7.47. The van der Waals surface area contributed by atoms with Crippen molar-refractivity contribution in [2.24, 2.45) is 5.73 Å². The largest absolute Gasteiger partial charge is 0.481 e. The van der Waals surface area contributed by atoms with Crippen molar-refractivity contribution >= 4 is 25.7 Å². The first kappa shape index (κ1) is 57.1. The number of carboxylic acids is 1. The second-order valence-electron chi connectivity index (χ2n) is 15.0. The number of nitrogens with two attached hydrogens (primary N) is 1. The summed E-state index contributed by atoms with van der Waals surface area (Å²) in [5.74, 6) is -1.11. The van der Waals surface area contributed by atoms with Crippen molar-refractivity contribution in [3.8, 4) is 0 Å². The van der Waals surface area contributed by atoms with Gasteiger partial charge in [-0.15, -0.1) is 0 Å². The smallest absolute Gasteiger partial charge is 0.472 e. The molecule has 0 aromatic rings. The topological polar surface area (TPSA) is 174 Å². The van der Waals surface area contributed by atoms with E-state index in [0.717, 1.165) is 38.5 Å². The quantitative estimate of drug-likeness (QED) is 0.0200. The minimum absolute atomic E-state index is 0.0721. The van der Waals surface area contributed by atoms with E-state index < -0.39 is 13.8 Å². The van der Waals surface area contributed by atoms with Crippen LogP contribution in [0.1, 0.15) is 213 Å². The van der Waals surface area contributed by atoms with E-state index in [0.29, 0.717) is 38.6 Å². The van der Waals surface area contributed by atoms with Crippen molar-refractivity contribution in [1.29, 1.82) is 0 Å². The van der Waals surface area contributed by atoms with Crippen molar-refractivity contribution < 1.29 is 42.7 Å². The number of aliphatic carboxylic acids is 1. The van der Waals surface area contributed by atoms with Crippen LogP contribution in [-0.2, 0) is 32.7 Å². The van der Waals surface area contributed by atoms with E-state index in [1.165, 1.54) is 128 Å². The fraction of sp³-hybridized carbons (Fsp3) is 0.844. The zero-order chi connectivity index (χ0) is 42.3. The predicted octanol–water partition coefficient (Wildman–Crippen LogP) is 12.1. The lowest BCUT2D eigenvalue weighted by Crippen LogP contribution is -2.27. The van der Waals surface area contributed by atoms with Gasteiger partial charge in [0, 0.05) is 32.2 Å². The summed E-state index contributed by atoms with van der Waals surface area (Å²) in [5.41, 5.74) is 5.32. The lowest BCUT2D eigenvalue weighted by atomic mass is 10.1. The van der Waals surface area contributed by atoms with Gasteiger partial charge in [-0.3, -0.25) is 23.4 Å². The fourth-order valence-corrected chi connectivity index (χ4v) is 6.68. The molecule has 0 spiro atoms. The molecule has 0 saturated carbocycles. The van der Waals surface area contributed by atoms with Gasteiger partial charge in [0.1, 0.15) is 0 Å². The number of amides is 1. The molecule has 0 aliphatic heterocycles. The van der Waals surface area contributed by atoms with E-state index in [9.17, 15) is 23.8 Å². The second kappa shape index (κ2) is 46.6. The molecule has 0 aromatic heterocycles. The van der Waals surface area contributed by atoms with Gasteiger partial charge in [-0.2, -0.15) is 0 Å². The van der Waals surface area contributed by atoms with Gasteiger partial charge < -0.3 is 25.8 Å². The van der Waals surface area contributed by atoms with Gasteiger partial charge in [0.25, 0.3) is 0 Å². The fourth-order valence-electron chi connectivity index (χ4n) is 5.92. The van der Waals surface area contributed by atoms with Crippen LogP contribution in [0.5, 0.6) is 0 Å². The molecule has 57 heavy (non-hydrogen) atoms. The van der Waals surface area contributed by atoms with E-state index in [1.54, 1.807) is 0 Å². The zero-order valence-electron chi connectivity index (χ0n) is 36.5. The van der Waals surface area contributed by atoms with Gasteiger partial charge in [-0.25, -0.2) is 4.57 Å². The normalized spacial score (nSPS) is 12.4. The molecule has 5 N–H and O–H groups in total. The average Bonchev–Trinajstić information content (AvgIpc) is 3.18. The number of phosphoric ester groups is 1. The van der Waals surface area contributed by atoms with Gasteiger partial charge in [-0.05, 0) is 77.2 Å². The molecular formula is C45H87N2O9P. The highest BCUT2D eigenvalue weighted by Crippen LogP contribution is 2.42. The Hall–Kier alpha value is -2.04. The Kier molecular flexibility index (Phi) is 46.7. The summed E-state index contributed by atoms with van der Waals surface area (Å²) in [7, 11) is -4.20. The van der Waals surface area contributed by atoms with Crippen molar-refractivity contribution in [3.63, 3.8) is 0 Å². The predicted molar refractivity (Wildman–Crippen MR) is 235 cm³/mol. The number of nitrogens with one attached hydrogen (secondary N) is 1. The maximum Gasteiger partial charge on any atom is 0.472 e. The van der Waals surface area contributed by atoms with Gasteiger partial charge in [-0.1, -0.05) is 141 Å². The Morgan fingerprint density at radius 1 is 0.544 bits per heavy atom. The van der Waals surface area contributed by atoms with Crippen molar-refractivity contribution in [3.05, 3.63) is 24.3 Å². The van der Waals surface area contributed by atoms with E-state index in [1.807, 2.05) is 0 Å². The van der Waals surface area contributed by atoms with Gasteiger partial charge >= 0.3 is 19.8 Å². The molecule has 0 aliphatic carbocycles. The summed E-state index contributed by atoms with van der Waals surface area (Å²) in [6.45, 7) is 4.94. The third-order valence-corrected chi connectivity index (χ3v) is 10.4. The van der Waals surface area contributed by atoms with Crippen LogP contribution in [0.3, 0.4) is 0 Å². The summed E-state index contributed by atoms with van der Waals surface area (Å²) in [6, 6.07) is 0. The maximum absolute atomic E-state index is 11.8. The molecule has 0 saturated heterocycles. The molecule has 11 nitrogen and oxygen atoms in total. The van der Waals surface area contributed by atoms with Crippen LogP contribution in [0.2, 0.25) is 0 Å². The number of phosphoric acid groups is 1. The number of allylic oxidation sites excluding steroid dienone is 4. The number of carbonyl (C=O) groups is 3. The van der Waals surface area contributed by atoms with Crippen molar-refractivity contribution in [2.45, 2.75) is 213 Å². The van der Waals surface area contributed by atoms with Crippen molar-refractivity contribution in [2.75, 3.05) is 32.9 Å². The summed E-state index contributed by atoms with van der Waals surface area (Å²) >= 11 is 0. The first-order chi connectivity index (χ1) is 27.7. The van der Waals surface area contributed by atoms with E-state index >= 15 is 0 Å². The lowest BCUT2D eigenvalue weighted by molar-refractivity contribution is -0.144. The van der Waals surface area contributed by atoms with E-state index in [4.69, 9.17) is 24.6 Å². The number of rotatable bonds is 42. The molecule has 1 atom stereocenters. The van der Waals surface area contributed by atoms with Crippen LogP contribution in [0, 0.1) is 0 Å².